The van der Waals surface area contributed by atoms with Gasteiger partial charge < -0.3 is 14.1 Å². The number of H-pyrrole nitrogens is 1. The normalized spacial score (nSPS) is 15.9. The number of likely N-dealkylation sites (tertiary alicyclic amines) is 1. The van der Waals surface area contributed by atoms with E-state index in [0.29, 0.717) is 24.6 Å². The van der Waals surface area contributed by atoms with Gasteiger partial charge in [0, 0.05) is 24.1 Å². The van der Waals surface area contributed by atoms with Crippen LogP contribution in [0.2, 0.25) is 0 Å². The van der Waals surface area contributed by atoms with Crippen LogP contribution in [0.5, 0.6) is 5.75 Å². The maximum atomic E-state index is 13.4. The van der Waals surface area contributed by atoms with Crippen molar-refractivity contribution < 1.29 is 13.9 Å². The fourth-order valence-corrected chi connectivity index (χ4v) is 4.48. The minimum absolute atomic E-state index is 0.0833. The molecule has 0 radical (unpaired) electrons. The van der Waals surface area contributed by atoms with Gasteiger partial charge in [0.15, 0.2) is 0 Å². The van der Waals surface area contributed by atoms with E-state index in [0.717, 1.165) is 47.6 Å². The number of carbonyl (C=O) groups excluding carboxylic acids is 1. The number of rotatable bonds is 6. The molecule has 2 aromatic heterocycles. The molecule has 1 atom stereocenters. The number of nitrogens with zero attached hydrogens (tertiary/aromatic N) is 3. The Morgan fingerprint density at radius 1 is 1.18 bits per heavy atom. The summed E-state index contributed by atoms with van der Waals surface area (Å²) in [6.07, 6.45) is 5.13. The number of ether oxygens (including phenoxy) is 1. The summed E-state index contributed by atoms with van der Waals surface area (Å²) in [5, 5.41) is 7.31. The molecule has 7 heteroatoms. The lowest BCUT2D eigenvalue weighted by molar-refractivity contribution is 0.0564. The predicted molar refractivity (Wildman–Crippen MR) is 129 cm³/mol. The molecule has 3 heterocycles. The van der Waals surface area contributed by atoms with E-state index < -0.39 is 0 Å². The second-order valence-electron chi connectivity index (χ2n) is 8.70. The monoisotopic (exact) mass is 456 g/mol. The van der Waals surface area contributed by atoms with Crippen molar-refractivity contribution in [3.8, 4) is 17.0 Å². The number of nitrogens with one attached hydrogen (secondary N) is 1. The highest BCUT2D eigenvalue weighted by Gasteiger charge is 2.33. The minimum Gasteiger partial charge on any atom is -0.496 e. The van der Waals surface area contributed by atoms with Crippen molar-refractivity contribution in [1.29, 1.82) is 0 Å². The Labute approximate surface area is 198 Å². The molecule has 7 nitrogen and oxygen atoms in total. The van der Waals surface area contributed by atoms with Crippen LogP contribution >= 0.6 is 0 Å². The van der Waals surface area contributed by atoms with Crippen molar-refractivity contribution in [2.45, 2.75) is 38.6 Å². The molecule has 1 aliphatic heterocycles. The Bertz CT molecular complexity index is 1280. The molecule has 1 amide bonds. The van der Waals surface area contributed by atoms with Crippen LogP contribution in [0.25, 0.3) is 11.3 Å². The zero-order chi connectivity index (χ0) is 23.5. The quantitative estimate of drug-likeness (QED) is 0.423. The highest BCUT2D eigenvalue weighted by atomic mass is 16.5. The van der Waals surface area contributed by atoms with Crippen LogP contribution in [0.3, 0.4) is 0 Å². The lowest BCUT2D eigenvalue weighted by Crippen LogP contribution is -2.38. The Morgan fingerprint density at radius 2 is 2.00 bits per heavy atom. The van der Waals surface area contributed by atoms with Crippen molar-refractivity contribution >= 4 is 5.91 Å². The van der Waals surface area contributed by atoms with Crippen molar-refractivity contribution in [3.63, 3.8) is 0 Å². The molecular weight excluding hydrogens is 428 g/mol. The third-order valence-electron chi connectivity index (χ3n) is 6.33. The van der Waals surface area contributed by atoms with Crippen LogP contribution in [0, 0.1) is 6.92 Å². The first-order chi connectivity index (χ1) is 16.6. The van der Waals surface area contributed by atoms with Gasteiger partial charge in [0.2, 0.25) is 5.89 Å². The number of oxazole rings is 1. The van der Waals surface area contributed by atoms with Crippen molar-refractivity contribution in [2.75, 3.05) is 13.7 Å². The van der Waals surface area contributed by atoms with Gasteiger partial charge in [-0.1, -0.05) is 48.0 Å². The molecule has 1 fully saturated rings. The summed E-state index contributed by atoms with van der Waals surface area (Å²) in [5.41, 5.74) is 4.42. The first kappa shape index (κ1) is 21.9. The van der Waals surface area contributed by atoms with Gasteiger partial charge in [-0.2, -0.15) is 5.10 Å². The number of aromatic amines is 1. The van der Waals surface area contributed by atoms with Crippen LogP contribution in [0.1, 0.15) is 58.6 Å². The molecule has 34 heavy (non-hydrogen) atoms. The second-order valence-corrected chi connectivity index (χ2v) is 8.70. The smallest absolute Gasteiger partial charge is 0.272 e. The summed E-state index contributed by atoms with van der Waals surface area (Å²) < 4.78 is 11.6. The van der Waals surface area contributed by atoms with E-state index in [4.69, 9.17) is 9.15 Å². The molecule has 174 valence electrons. The minimum atomic E-state index is -0.196. The standard InChI is InChI=1S/C27H28N4O3/c1-18-10-12-19(13-11-18)22-16-23(30-29-22)27(32)31-14-6-5-8-24(31)26-28-17-21(34-26)15-20-7-3-4-9-25(20)33-2/h3-4,7,9-13,16-17,24H,5-6,8,14-15H2,1-2H3,(H,29,30)/t24-/m0/s1. The van der Waals surface area contributed by atoms with Crippen LogP contribution in [0.4, 0.5) is 0 Å². The number of aromatic nitrogens is 3. The van der Waals surface area contributed by atoms with Gasteiger partial charge >= 0.3 is 0 Å². The number of aryl methyl sites for hydroxylation is 1. The Balaban J connectivity index is 1.35. The molecule has 0 aliphatic carbocycles. The summed E-state index contributed by atoms with van der Waals surface area (Å²) in [6, 6.07) is 17.6. The molecule has 0 unspecified atom stereocenters. The molecule has 1 aliphatic rings. The molecule has 4 aromatic rings. The molecule has 5 rings (SSSR count). The highest BCUT2D eigenvalue weighted by molar-refractivity contribution is 5.93. The Kier molecular flexibility index (Phi) is 6.16. The second kappa shape index (κ2) is 9.55. The maximum absolute atomic E-state index is 13.4. The zero-order valence-electron chi connectivity index (χ0n) is 19.5. The fourth-order valence-electron chi connectivity index (χ4n) is 4.48. The third-order valence-corrected chi connectivity index (χ3v) is 6.33. The van der Waals surface area contributed by atoms with E-state index in [2.05, 4.69) is 15.2 Å². The number of amides is 1. The van der Waals surface area contributed by atoms with Crippen LogP contribution < -0.4 is 4.74 Å². The lowest BCUT2D eigenvalue weighted by atomic mass is 10.0. The van der Waals surface area contributed by atoms with Crippen molar-refractivity contribution in [3.05, 3.63) is 89.3 Å². The number of benzene rings is 2. The molecule has 1 N–H and O–H groups in total. The number of hydrogen-bond acceptors (Lipinski definition) is 5. The molecule has 1 saturated heterocycles. The number of hydrogen-bond donors (Lipinski definition) is 1. The number of methoxy groups -OCH3 is 1. The van der Waals surface area contributed by atoms with Crippen LogP contribution in [-0.2, 0) is 6.42 Å². The van der Waals surface area contributed by atoms with E-state index in [1.165, 1.54) is 5.56 Å². The summed E-state index contributed by atoms with van der Waals surface area (Å²) in [5.74, 6) is 2.07. The Morgan fingerprint density at radius 3 is 2.82 bits per heavy atom. The first-order valence-electron chi connectivity index (χ1n) is 11.6. The molecular formula is C27H28N4O3. The predicted octanol–water partition coefficient (Wildman–Crippen LogP) is 5.34. The molecule has 2 aromatic carbocycles. The number of piperidine rings is 1. The first-order valence-corrected chi connectivity index (χ1v) is 11.6. The van der Waals surface area contributed by atoms with Gasteiger partial charge in [-0.05, 0) is 38.3 Å². The van der Waals surface area contributed by atoms with Gasteiger partial charge in [-0.15, -0.1) is 0 Å². The summed E-state index contributed by atoms with van der Waals surface area (Å²) in [7, 11) is 1.66. The van der Waals surface area contributed by atoms with Gasteiger partial charge in [0.05, 0.1) is 19.0 Å². The van der Waals surface area contributed by atoms with Crippen molar-refractivity contribution in [2.24, 2.45) is 0 Å². The van der Waals surface area contributed by atoms with E-state index in [1.54, 1.807) is 13.3 Å². The van der Waals surface area contributed by atoms with E-state index in [9.17, 15) is 4.79 Å². The zero-order valence-corrected chi connectivity index (χ0v) is 19.5. The molecule has 0 bridgehead atoms. The van der Waals surface area contributed by atoms with Crippen LogP contribution in [-0.4, -0.2) is 39.6 Å². The van der Waals surface area contributed by atoms with Crippen molar-refractivity contribution in [1.82, 2.24) is 20.1 Å². The summed E-state index contributed by atoms with van der Waals surface area (Å²) >= 11 is 0. The van der Waals surface area contributed by atoms with Gasteiger partial charge in [0.1, 0.15) is 23.2 Å². The van der Waals surface area contributed by atoms with Gasteiger partial charge in [-0.3, -0.25) is 9.89 Å². The molecule has 0 saturated carbocycles. The third kappa shape index (κ3) is 4.46. The topological polar surface area (TPSA) is 84.2 Å². The lowest BCUT2D eigenvalue weighted by Gasteiger charge is -2.33. The summed E-state index contributed by atoms with van der Waals surface area (Å²) in [4.78, 5) is 19.8. The highest BCUT2D eigenvalue weighted by Crippen LogP contribution is 2.33. The van der Waals surface area contributed by atoms with Gasteiger partial charge in [-0.25, -0.2) is 4.98 Å². The fraction of sp³-hybridized carbons (Fsp3) is 0.296. The van der Waals surface area contributed by atoms with Gasteiger partial charge in [0.25, 0.3) is 5.91 Å². The van der Waals surface area contributed by atoms with E-state index in [-0.39, 0.29) is 11.9 Å². The largest absolute Gasteiger partial charge is 0.496 e. The van der Waals surface area contributed by atoms with E-state index >= 15 is 0 Å². The average molecular weight is 457 g/mol. The molecule has 0 spiro atoms. The SMILES string of the molecule is COc1ccccc1Cc1cnc([C@@H]2CCCCN2C(=O)c2cc(-c3ccc(C)cc3)n[nH]2)o1. The average Bonchev–Trinajstić information content (AvgIpc) is 3.55. The number of carbonyl (C=O) groups is 1. The maximum Gasteiger partial charge on any atom is 0.272 e. The summed E-state index contributed by atoms with van der Waals surface area (Å²) in [6.45, 7) is 2.71. The van der Waals surface area contributed by atoms with Crippen LogP contribution in [0.15, 0.2) is 65.2 Å². The number of para-hydroxylation sites is 1. The van der Waals surface area contributed by atoms with E-state index in [1.807, 2.05) is 66.4 Å². The Hall–Kier alpha value is -3.87.